The number of hydrogen-bond acceptors (Lipinski definition) is 4. The number of hydrogen-bond donors (Lipinski definition) is 2. The maximum Gasteiger partial charge on any atom is 0.0257 e. The van der Waals surface area contributed by atoms with Crippen molar-refractivity contribution in [3.05, 3.63) is 0 Å². The van der Waals surface area contributed by atoms with Crippen molar-refractivity contribution in [2.24, 2.45) is 22.3 Å². The van der Waals surface area contributed by atoms with E-state index in [2.05, 4.69) is 121 Å². The van der Waals surface area contributed by atoms with Gasteiger partial charge in [-0.25, -0.2) is 0 Å². The van der Waals surface area contributed by atoms with E-state index in [4.69, 9.17) is 11.5 Å². The quantitative estimate of drug-likeness (QED) is 0.225. The first-order chi connectivity index (χ1) is 16.2. The average molecular weight is 525 g/mol. The molecule has 37 heavy (non-hydrogen) atoms. The summed E-state index contributed by atoms with van der Waals surface area (Å²) in [6.45, 7) is 40.8. The molecular formula is C33H72N4. The maximum atomic E-state index is 7.60. The fourth-order valence-electron chi connectivity index (χ4n) is 7.30. The molecule has 0 aliphatic rings. The second-order valence-corrected chi connectivity index (χ2v) is 17.2. The van der Waals surface area contributed by atoms with Gasteiger partial charge in [0, 0.05) is 27.7 Å². The Morgan fingerprint density at radius 2 is 0.730 bits per heavy atom. The molecule has 0 atom stereocenters. The van der Waals surface area contributed by atoms with Crippen LogP contribution in [0.5, 0.6) is 0 Å². The van der Waals surface area contributed by atoms with Crippen molar-refractivity contribution in [1.82, 2.24) is 9.80 Å². The summed E-state index contributed by atoms with van der Waals surface area (Å²) in [6, 6.07) is 0. The van der Waals surface area contributed by atoms with E-state index < -0.39 is 0 Å². The molecule has 0 bridgehead atoms. The van der Waals surface area contributed by atoms with Crippen molar-refractivity contribution in [2.45, 2.75) is 183 Å². The second-order valence-electron chi connectivity index (χ2n) is 17.2. The third-order valence-corrected chi connectivity index (χ3v) is 9.05. The monoisotopic (exact) mass is 525 g/mol. The molecule has 4 heteroatoms. The third-order valence-electron chi connectivity index (χ3n) is 9.05. The molecule has 4 nitrogen and oxygen atoms in total. The van der Waals surface area contributed by atoms with Crippen LogP contribution in [0.2, 0.25) is 0 Å². The first-order valence-corrected chi connectivity index (χ1v) is 15.3. The Hall–Kier alpha value is -0.160. The molecule has 0 aliphatic carbocycles. The van der Waals surface area contributed by atoms with Crippen LogP contribution >= 0.6 is 0 Å². The highest BCUT2D eigenvalue weighted by atomic mass is 15.2. The first-order valence-electron chi connectivity index (χ1n) is 15.3. The van der Waals surface area contributed by atoms with Crippen LogP contribution in [0.15, 0.2) is 0 Å². The molecule has 0 amide bonds. The highest BCUT2D eigenvalue weighted by molar-refractivity contribution is 5.07. The van der Waals surface area contributed by atoms with Crippen molar-refractivity contribution in [3.63, 3.8) is 0 Å². The lowest BCUT2D eigenvalue weighted by molar-refractivity contribution is -0.00972. The Bertz CT molecular complexity index is 572. The Balaban J connectivity index is 5.80. The average Bonchev–Trinajstić information content (AvgIpc) is 2.64. The topological polar surface area (TPSA) is 58.5 Å². The fourth-order valence-corrected chi connectivity index (χ4v) is 7.30. The fraction of sp³-hybridized carbons (Fsp3) is 1.00. The summed E-state index contributed by atoms with van der Waals surface area (Å²) in [4.78, 5) is 5.31. The summed E-state index contributed by atoms with van der Waals surface area (Å²) in [5.74, 6) is 0. The van der Waals surface area contributed by atoms with Crippen molar-refractivity contribution in [2.75, 3.05) is 19.6 Å². The van der Waals surface area contributed by atoms with E-state index in [1.54, 1.807) is 0 Å². The Kier molecular flexibility index (Phi) is 12.9. The molecule has 0 aromatic carbocycles. The van der Waals surface area contributed by atoms with Gasteiger partial charge in [-0.1, -0.05) is 34.1 Å². The van der Waals surface area contributed by atoms with E-state index in [0.29, 0.717) is 0 Å². The van der Waals surface area contributed by atoms with Crippen molar-refractivity contribution < 1.29 is 0 Å². The molecule has 0 aromatic heterocycles. The molecule has 224 valence electrons. The largest absolute Gasteiger partial charge is 0.330 e. The van der Waals surface area contributed by atoms with E-state index in [9.17, 15) is 0 Å². The normalized spacial score (nSPS) is 15.2. The molecule has 0 aliphatic heterocycles. The first kappa shape index (κ1) is 36.8. The molecule has 0 saturated carbocycles. The van der Waals surface area contributed by atoms with Crippen molar-refractivity contribution in [3.8, 4) is 0 Å². The molecule has 0 heterocycles. The van der Waals surface area contributed by atoms with Gasteiger partial charge in [-0.3, -0.25) is 9.80 Å². The van der Waals surface area contributed by atoms with Crippen LogP contribution in [-0.4, -0.2) is 57.1 Å². The van der Waals surface area contributed by atoms with E-state index in [1.165, 1.54) is 0 Å². The van der Waals surface area contributed by atoms with Gasteiger partial charge in [0.1, 0.15) is 0 Å². The van der Waals surface area contributed by atoms with Crippen LogP contribution in [0.4, 0.5) is 0 Å². The lowest BCUT2D eigenvalue weighted by atomic mass is 9.54. The van der Waals surface area contributed by atoms with Gasteiger partial charge >= 0.3 is 0 Å². The minimum absolute atomic E-state index is 0.0281. The van der Waals surface area contributed by atoms with E-state index in [0.717, 1.165) is 64.6 Å². The molecule has 0 fully saturated rings. The predicted molar refractivity (Wildman–Crippen MR) is 168 cm³/mol. The van der Waals surface area contributed by atoms with Crippen LogP contribution in [-0.2, 0) is 0 Å². The lowest BCUT2D eigenvalue weighted by Crippen LogP contribution is -2.62. The zero-order chi connectivity index (χ0) is 29.7. The van der Waals surface area contributed by atoms with E-state index in [-0.39, 0.29) is 38.5 Å². The minimum Gasteiger partial charge on any atom is -0.330 e. The van der Waals surface area contributed by atoms with Crippen LogP contribution in [0, 0.1) is 10.8 Å². The molecule has 0 saturated heterocycles. The van der Waals surface area contributed by atoms with E-state index in [1.807, 2.05) is 0 Å². The molecule has 0 rings (SSSR count). The lowest BCUT2D eigenvalue weighted by Gasteiger charge is -2.55. The summed E-state index contributed by atoms with van der Waals surface area (Å²) >= 11 is 0. The van der Waals surface area contributed by atoms with Gasteiger partial charge in [-0.2, -0.15) is 0 Å². The number of nitrogens with two attached hydrogens (primary N) is 2. The van der Waals surface area contributed by atoms with Gasteiger partial charge in [0.2, 0.25) is 0 Å². The Labute approximate surface area is 235 Å². The van der Waals surface area contributed by atoms with Gasteiger partial charge in [0.05, 0.1) is 0 Å². The number of nitrogens with zero attached hydrogens (tertiary/aromatic N) is 2. The van der Waals surface area contributed by atoms with Crippen LogP contribution in [0.3, 0.4) is 0 Å². The summed E-state index contributed by atoms with van der Waals surface area (Å²) in [5.41, 5.74) is 13.9. The highest BCUT2D eigenvalue weighted by Crippen LogP contribution is 2.50. The molecule has 0 aromatic rings. The SMILES string of the molecule is CC(C)(C)N(CCCC(C)(C)C(N)(CCCCN)C(C)(C)CCCN(C(C)(C)C)C(C)(C)C)C(C)(C)C. The van der Waals surface area contributed by atoms with Gasteiger partial charge in [-0.15, -0.1) is 0 Å². The van der Waals surface area contributed by atoms with Gasteiger partial charge in [0.15, 0.2) is 0 Å². The third kappa shape index (κ3) is 10.7. The van der Waals surface area contributed by atoms with Crippen LogP contribution in [0.1, 0.15) is 156 Å². The number of rotatable bonds is 14. The Morgan fingerprint density at radius 1 is 0.432 bits per heavy atom. The zero-order valence-corrected chi connectivity index (χ0v) is 28.6. The van der Waals surface area contributed by atoms with Crippen molar-refractivity contribution >= 4 is 0 Å². The van der Waals surface area contributed by atoms with Gasteiger partial charge < -0.3 is 11.5 Å². The molecule has 0 spiro atoms. The van der Waals surface area contributed by atoms with Gasteiger partial charge in [0.25, 0.3) is 0 Å². The zero-order valence-electron chi connectivity index (χ0n) is 28.6. The van der Waals surface area contributed by atoms with Crippen molar-refractivity contribution in [1.29, 1.82) is 0 Å². The van der Waals surface area contributed by atoms with Crippen LogP contribution < -0.4 is 11.5 Å². The van der Waals surface area contributed by atoms with Gasteiger partial charge in [-0.05, 0) is 152 Å². The summed E-state index contributed by atoms with van der Waals surface area (Å²) in [7, 11) is 0. The minimum atomic E-state index is -0.252. The standard InChI is InChI=1S/C33H72N4/c1-27(2,3)36(28(4,5)6)25-19-21-31(13,14)33(35,23-17-18-24-34)32(15,16)22-20-26-37(29(7,8)9)30(10,11)12/h17-26,34-35H2,1-16H3. The molecule has 0 unspecified atom stereocenters. The summed E-state index contributed by atoms with van der Waals surface area (Å²) in [5, 5.41) is 0. The molecule has 4 N–H and O–H groups in total. The molecule has 0 radical (unpaired) electrons. The molecular weight excluding hydrogens is 452 g/mol. The predicted octanol–water partition coefficient (Wildman–Crippen LogP) is 8.22. The Morgan fingerprint density at radius 3 is 0.973 bits per heavy atom. The smallest absolute Gasteiger partial charge is 0.0257 e. The van der Waals surface area contributed by atoms with Crippen LogP contribution in [0.25, 0.3) is 0 Å². The summed E-state index contributed by atoms with van der Waals surface area (Å²) < 4.78 is 0. The number of unbranched alkanes of at least 4 members (excludes halogenated alkanes) is 1. The maximum absolute atomic E-state index is 7.60. The highest BCUT2D eigenvalue weighted by Gasteiger charge is 2.51. The summed E-state index contributed by atoms with van der Waals surface area (Å²) in [6.07, 6.45) is 7.78. The van der Waals surface area contributed by atoms with E-state index >= 15 is 0 Å². The second kappa shape index (κ2) is 13.0.